The highest BCUT2D eigenvalue weighted by Gasteiger charge is 2.04. The summed E-state index contributed by atoms with van der Waals surface area (Å²) < 4.78 is 5.12. The van der Waals surface area contributed by atoms with Gasteiger partial charge in [-0.05, 0) is 48.7 Å². The summed E-state index contributed by atoms with van der Waals surface area (Å²) in [5.74, 6) is 0.764. The second-order valence-electron chi connectivity index (χ2n) is 4.72. The quantitative estimate of drug-likeness (QED) is 0.826. The lowest BCUT2D eigenvalue weighted by molar-refractivity contribution is 0.0953. The zero-order valence-corrected chi connectivity index (χ0v) is 12.7. The molecule has 1 N–H and O–H groups in total. The molecule has 0 spiro atoms. The molecule has 0 atom stereocenters. The van der Waals surface area contributed by atoms with Gasteiger partial charge in [0.15, 0.2) is 0 Å². The number of hydrogen-bond donors (Lipinski definition) is 1. The van der Waals surface area contributed by atoms with Gasteiger partial charge in [-0.15, -0.1) is 0 Å². The fourth-order valence-corrected chi connectivity index (χ4v) is 2.21. The molecule has 0 bridgehead atoms. The topological polar surface area (TPSA) is 38.3 Å². The van der Waals surface area contributed by atoms with Gasteiger partial charge in [-0.25, -0.2) is 0 Å². The molecule has 21 heavy (non-hydrogen) atoms. The van der Waals surface area contributed by atoms with E-state index in [9.17, 15) is 4.79 Å². The maximum absolute atomic E-state index is 11.9. The van der Waals surface area contributed by atoms with Gasteiger partial charge < -0.3 is 10.1 Å². The number of halogens is 1. The molecular formula is C17H18ClNO2. The summed E-state index contributed by atoms with van der Waals surface area (Å²) in [6.45, 7) is 0.636. The highest BCUT2D eigenvalue weighted by Crippen LogP contribution is 2.13. The summed E-state index contributed by atoms with van der Waals surface area (Å²) in [7, 11) is 1.65. The van der Waals surface area contributed by atoms with Crippen LogP contribution in [0.3, 0.4) is 0 Å². The Hall–Kier alpha value is -2.00. The predicted molar refractivity (Wildman–Crippen MR) is 85.1 cm³/mol. The van der Waals surface area contributed by atoms with E-state index in [0.717, 1.165) is 18.6 Å². The van der Waals surface area contributed by atoms with E-state index in [1.807, 2.05) is 24.3 Å². The van der Waals surface area contributed by atoms with E-state index in [1.165, 1.54) is 5.56 Å². The van der Waals surface area contributed by atoms with Crippen molar-refractivity contribution >= 4 is 17.5 Å². The molecule has 2 aromatic carbocycles. The largest absolute Gasteiger partial charge is 0.497 e. The third-order valence-electron chi connectivity index (χ3n) is 3.17. The minimum Gasteiger partial charge on any atom is -0.497 e. The Labute approximate surface area is 129 Å². The summed E-state index contributed by atoms with van der Waals surface area (Å²) in [6, 6.07) is 14.9. The molecule has 0 aliphatic carbocycles. The van der Waals surface area contributed by atoms with Gasteiger partial charge >= 0.3 is 0 Å². The summed E-state index contributed by atoms with van der Waals surface area (Å²) in [6.07, 6.45) is 1.80. The minimum absolute atomic E-state index is 0.0905. The van der Waals surface area contributed by atoms with Crippen LogP contribution in [0.25, 0.3) is 0 Å². The average Bonchev–Trinajstić information content (AvgIpc) is 2.52. The molecule has 0 aliphatic rings. The number of hydrogen-bond acceptors (Lipinski definition) is 2. The Kier molecular flexibility index (Phi) is 5.64. The number of carbonyl (C=O) groups is 1. The number of benzene rings is 2. The fourth-order valence-electron chi connectivity index (χ4n) is 2.02. The molecule has 0 heterocycles. The van der Waals surface area contributed by atoms with Crippen molar-refractivity contribution in [1.29, 1.82) is 0 Å². The normalized spacial score (nSPS) is 10.2. The van der Waals surface area contributed by atoms with E-state index in [4.69, 9.17) is 16.3 Å². The van der Waals surface area contributed by atoms with Crippen LogP contribution in [0, 0.1) is 0 Å². The van der Waals surface area contributed by atoms with Crippen molar-refractivity contribution in [2.75, 3.05) is 13.7 Å². The maximum Gasteiger partial charge on any atom is 0.251 e. The van der Waals surface area contributed by atoms with E-state index in [-0.39, 0.29) is 5.91 Å². The molecule has 0 radical (unpaired) electrons. The van der Waals surface area contributed by atoms with Gasteiger partial charge in [0.05, 0.1) is 7.11 Å². The lowest BCUT2D eigenvalue weighted by Crippen LogP contribution is -2.24. The Balaban J connectivity index is 1.75. The van der Waals surface area contributed by atoms with Gasteiger partial charge in [0.1, 0.15) is 5.75 Å². The zero-order valence-electron chi connectivity index (χ0n) is 11.9. The number of nitrogens with one attached hydrogen (secondary N) is 1. The Morgan fingerprint density at radius 2 is 1.95 bits per heavy atom. The first-order chi connectivity index (χ1) is 10.2. The molecule has 0 aromatic heterocycles. The van der Waals surface area contributed by atoms with Crippen LogP contribution in [0.2, 0.25) is 5.02 Å². The highest BCUT2D eigenvalue weighted by atomic mass is 35.5. The molecule has 0 aliphatic heterocycles. The molecule has 0 saturated heterocycles. The van der Waals surface area contributed by atoms with Gasteiger partial charge in [0.2, 0.25) is 0 Å². The van der Waals surface area contributed by atoms with E-state index in [1.54, 1.807) is 31.4 Å². The van der Waals surface area contributed by atoms with Gasteiger partial charge in [0.25, 0.3) is 5.91 Å². The zero-order chi connectivity index (χ0) is 15.1. The number of rotatable bonds is 6. The second kappa shape index (κ2) is 7.70. The first-order valence-electron chi connectivity index (χ1n) is 6.86. The second-order valence-corrected chi connectivity index (χ2v) is 5.15. The van der Waals surface area contributed by atoms with Crippen molar-refractivity contribution in [3.8, 4) is 5.75 Å². The van der Waals surface area contributed by atoms with Crippen molar-refractivity contribution in [3.05, 3.63) is 64.7 Å². The monoisotopic (exact) mass is 303 g/mol. The SMILES string of the molecule is COc1ccc(CCCNC(=O)c2cccc(Cl)c2)cc1. The van der Waals surface area contributed by atoms with Crippen molar-refractivity contribution in [2.45, 2.75) is 12.8 Å². The Morgan fingerprint density at radius 3 is 2.62 bits per heavy atom. The van der Waals surface area contributed by atoms with Crippen molar-refractivity contribution in [1.82, 2.24) is 5.32 Å². The smallest absolute Gasteiger partial charge is 0.251 e. The molecule has 0 saturated carbocycles. The molecule has 3 nitrogen and oxygen atoms in total. The van der Waals surface area contributed by atoms with Crippen LogP contribution in [0.4, 0.5) is 0 Å². The lowest BCUT2D eigenvalue weighted by atomic mass is 10.1. The van der Waals surface area contributed by atoms with Gasteiger partial charge in [-0.2, -0.15) is 0 Å². The minimum atomic E-state index is -0.0905. The summed E-state index contributed by atoms with van der Waals surface area (Å²) in [5.41, 5.74) is 1.82. The van der Waals surface area contributed by atoms with Crippen LogP contribution < -0.4 is 10.1 Å². The number of methoxy groups -OCH3 is 1. The van der Waals surface area contributed by atoms with Crippen LogP contribution in [-0.2, 0) is 6.42 Å². The first kappa shape index (κ1) is 15.4. The van der Waals surface area contributed by atoms with E-state index < -0.39 is 0 Å². The average molecular weight is 304 g/mol. The summed E-state index contributed by atoms with van der Waals surface area (Å²) >= 11 is 5.86. The molecule has 2 rings (SSSR count). The molecule has 4 heteroatoms. The van der Waals surface area contributed by atoms with Gasteiger partial charge in [0, 0.05) is 17.1 Å². The number of carbonyl (C=O) groups excluding carboxylic acids is 1. The number of amides is 1. The van der Waals surface area contributed by atoms with Crippen molar-refractivity contribution < 1.29 is 9.53 Å². The molecule has 0 fully saturated rings. The standard InChI is InChI=1S/C17H18ClNO2/c1-21-16-9-7-13(8-10-16)4-3-11-19-17(20)14-5-2-6-15(18)12-14/h2,5-10,12H,3-4,11H2,1H3,(H,19,20). The molecule has 2 aromatic rings. The Morgan fingerprint density at radius 1 is 1.19 bits per heavy atom. The molecule has 1 amide bonds. The number of ether oxygens (including phenoxy) is 1. The van der Waals surface area contributed by atoms with Crippen molar-refractivity contribution in [2.24, 2.45) is 0 Å². The highest BCUT2D eigenvalue weighted by molar-refractivity contribution is 6.30. The van der Waals surface area contributed by atoms with Crippen molar-refractivity contribution in [3.63, 3.8) is 0 Å². The summed E-state index contributed by atoms with van der Waals surface area (Å²) in [5, 5.41) is 3.47. The Bertz CT molecular complexity index is 596. The lowest BCUT2D eigenvalue weighted by Gasteiger charge is -2.06. The fraction of sp³-hybridized carbons (Fsp3) is 0.235. The van der Waals surface area contributed by atoms with Crippen LogP contribution in [0.5, 0.6) is 5.75 Å². The van der Waals surface area contributed by atoms with Crippen LogP contribution in [0.15, 0.2) is 48.5 Å². The van der Waals surface area contributed by atoms with Gasteiger partial charge in [-0.1, -0.05) is 29.8 Å². The van der Waals surface area contributed by atoms with Crippen LogP contribution in [-0.4, -0.2) is 19.6 Å². The predicted octanol–water partition coefficient (Wildman–Crippen LogP) is 3.71. The number of aryl methyl sites for hydroxylation is 1. The van der Waals surface area contributed by atoms with E-state index >= 15 is 0 Å². The molecule has 110 valence electrons. The first-order valence-corrected chi connectivity index (χ1v) is 7.23. The van der Waals surface area contributed by atoms with E-state index in [2.05, 4.69) is 5.32 Å². The molecular weight excluding hydrogens is 286 g/mol. The third-order valence-corrected chi connectivity index (χ3v) is 3.41. The maximum atomic E-state index is 11.9. The van der Waals surface area contributed by atoms with Gasteiger partial charge in [-0.3, -0.25) is 4.79 Å². The molecule has 0 unspecified atom stereocenters. The van der Waals surface area contributed by atoms with Crippen LogP contribution in [0.1, 0.15) is 22.3 Å². The van der Waals surface area contributed by atoms with Crippen LogP contribution >= 0.6 is 11.6 Å². The summed E-state index contributed by atoms with van der Waals surface area (Å²) in [4.78, 5) is 11.9. The van der Waals surface area contributed by atoms with E-state index in [0.29, 0.717) is 17.1 Å². The third kappa shape index (κ3) is 4.80.